The summed E-state index contributed by atoms with van der Waals surface area (Å²) in [6, 6.07) is 6.01. The van der Waals surface area contributed by atoms with Crippen LogP contribution < -0.4 is 4.72 Å². The van der Waals surface area contributed by atoms with Gasteiger partial charge in [0.1, 0.15) is 10.7 Å². The second-order valence-electron chi connectivity index (χ2n) is 5.44. The Morgan fingerprint density at radius 2 is 1.78 bits per heavy atom. The van der Waals surface area contributed by atoms with Crippen LogP contribution in [0.1, 0.15) is 31.2 Å². The Hall–Kier alpha value is -2.30. The molecule has 0 fully saturated rings. The summed E-state index contributed by atoms with van der Waals surface area (Å²) in [7, 11) is -1.87. The molecule has 0 atom stereocenters. The predicted molar refractivity (Wildman–Crippen MR) is 97.0 cm³/mol. The normalized spacial score (nSPS) is 11.3. The number of rotatable bonds is 7. The Morgan fingerprint density at radius 3 is 2.37 bits per heavy atom. The van der Waals surface area contributed by atoms with E-state index in [4.69, 9.17) is 0 Å². The largest absolute Gasteiger partial charge is 0.465 e. The summed E-state index contributed by atoms with van der Waals surface area (Å²) in [4.78, 5) is 23.9. The summed E-state index contributed by atoms with van der Waals surface area (Å²) in [5.41, 5.74) is 0.292. The number of carbonyl (C=O) groups excluding carboxylic acids is 2. The molecule has 0 bridgehead atoms. The van der Waals surface area contributed by atoms with Crippen LogP contribution in [0.2, 0.25) is 0 Å². The highest BCUT2D eigenvalue weighted by Gasteiger charge is 2.32. The quantitative estimate of drug-likeness (QED) is 0.697. The molecule has 2 aromatic rings. The number of methoxy groups -OCH3 is 2. The summed E-state index contributed by atoms with van der Waals surface area (Å²) in [6.45, 7) is 1.35. The second kappa shape index (κ2) is 8.59. The van der Waals surface area contributed by atoms with Gasteiger partial charge < -0.3 is 9.47 Å². The van der Waals surface area contributed by atoms with Crippen molar-refractivity contribution in [3.8, 4) is 0 Å². The van der Waals surface area contributed by atoms with E-state index < -0.39 is 27.8 Å². The summed E-state index contributed by atoms with van der Waals surface area (Å²) in [5, 5.41) is 0. The highest BCUT2D eigenvalue weighted by Crippen LogP contribution is 2.33. The van der Waals surface area contributed by atoms with E-state index in [9.17, 15) is 22.4 Å². The lowest BCUT2D eigenvalue weighted by molar-refractivity contribution is 0.0596. The number of halogens is 1. The standard InChI is InChI=1S/C17H18FNO6S2/c1-10-13(15(20)24-2)17(26-14(10)16(21)25-3)27(22,23)19-9-8-11-6-4-5-7-12(11)18/h4-7,19H,8-9H2,1-3H3. The van der Waals surface area contributed by atoms with Gasteiger partial charge in [-0.3, -0.25) is 0 Å². The van der Waals surface area contributed by atoms with Crippen molar-refractivity contribution in [1.82, 2.24) is 4.72 Å². The minimum absolute atomic E-state index is 0.00706. The monoisotopic (exact) mass is 415 g/mol. The summed E-state index contributed by atoms with van der Waals surface area (Å²) >= 11 is 0.619. The maximum Gasteiger partial charge on any atom is 0.348 e. The van der Waals surface area contributed by atoms with E-state index in [0.717, 1.165) is 14.2 Å². The number of nitrogens with one attached hydrogen (secondary N) is 1. The average molecular weight is 415 g/mol. The first kappa shape index (κ1) is 21.0. The minimum Gasteiger partial charge on any atom is -0.465 e. The smallest absolute Gasteiger partial charge is 0.348 e. The first-order valence-electron chi connectivity index (χ1n) is 7.76. The molecule has 0 radical (unpaired) electrons. The van der Waals surface area contributed by atoms with Crippen LogP contribution in [0, 0.1) is 12.7 Å². The molecule has 0 amide bonds. The molecule has 0 aliphatic heterocycles. The lowest BCUT2D eigenvalue weighted by Crippen LogP contribution is -2.27. The molecule has 0 aliphatic carbocycles. The van der Waals surface area contributed by atoms with Crippen molar-refractivity contribution < 1.29 is 31.9 Å². The first-order valence-corrected chi connectivity index (χ1v) is 10.1. The number of esters is 2. The van der Waals surface area contributed by atoms with Crippen LogP contribution in [-0.4, -0.2) is 41.1 Å². The Bertz CT molecular complexity index is 968. The number of sulfonamides is 1. The van der Waals surface area contributed by atoms with Crippen molar-refractivity contribution >= 4 is 33.3 Å². The number of hydrogen-bond donors (Lipinski definition) is 1. The molecule has 10 heteroatoms. The summed E-state index contributed by atoms with van der Waals surface area (Å²) in [5.74, 6) is -2.07. The third kappa shape index (κ3) is 4.52. The van der Waals surface area contributed by atoms with Crippen LogP contribution in [0.25, 0.3) is 0 Å². The van der Waals surface area contributed by atoms with Crippen LogP contribution in [0.15, 0.2) is 28.5 Å². The van der Waals surface area contributed by atoms with Crippen LogP contribution in [0.5, 0.6) is 0 Å². The van der Waals surface area contributed by atoms with E-state index in [1.54, 1.807) is 12.1 Å². The average Bonchev–Trinajstić information content (AvgIpc) is 3.00. The fourth-order valence-corrected chi connectivity index (χ4v) is 5.21. The second-order valence-corrected chi connectivity index (χ2v) is 8.42. The number of benzene rings is 1. The van der Waals surface area contributed by atoms with Crippen molar-refractivity contribution in [3.05, 3.63) is 51.7 Å². The molecule has 1 aromatic heterocycles. The molecule has 146 valence electrons. The Kier molecular flexibility index (Phi) is 6.68. The topological polar surface area (TPSA) is 98.8 Å². The Balaban J connectivity index is 2.32. The highest BCUT2D eigenvalue weighted by molar-refractivity contribution is 7.91. The van der Waals surface area contributed by atoms with E-state index >= 15 is 0 Å². The predicted octanol–water partition coefficient (Wildman–Crippen LogP) is 2.29. The van der Waals surface area contributed by atoms with Crippen molar-refractivity contribution in [2.24, 2.45) is 0 Å². The molecule has 1 aromatic carbocycles. The van der Waals surface area contributed by atoms with Gasteiger partial charge in [-0.05, 0) is 30.5 Å². The number of ether oxygens (including phenoxy) is 2. The number of carbonyl (C=O) groups is 2. The van der Waals surface area contributed by atoms with Crippen LogP contribution >= 0.6 is 11.3 Å². The van der Waals surface area contributed by atoms with E-state index in [2.05, 4.69) is 14.2 Å². The molecular weight excluding hydrogens is 397 g/mol. The molecule has 0 saturated carbocycles. The van der Waals surface area contributed by atoms with E-state index in [1.807, 2.05) is 0 Å². The van der Waals surface area contributed by atoms with Gasteiger partial charge in [-0.15, -0.1) is 11.3 Å². The lowest BCUT2D eigenvalue weighted by Gasteiger charge is -2.08. The van der Waals surface area contributed by atoms with Gasteiger partial charge in [0.05, 0.1) is 19.8 Å². The zero-order valence-corrected chi connectivity index (χ0v) is 16.5. The van der Waals surface area contributed by atoms with Gasteiger partial charge in [-0.2, -0.15) is 0 Å². The van der Waals surface area contributed by atoms with Crippen molar-refractivity contribution in [1.29, 1.82) is 0 Å². The van der Waals surface area contributed by atoms with Gasteiger partial charge in [0.15, 0.2) is 4.21 Å². The van der Waals surface area contributed by atoms with Crippen LogP contribution in [0.4, 0.5) is 4.39 Å². The van der Waals surface area contributed by atoms with E-state index in [0.29, 0.717) is 16.9 Å². The summed E-state index contributed by atoms with van der Waals surface area (Å²) in [6.07, 6.45) is 0.119. The fraction of sp³-hybridized carbons (Fsp3) is 0.294. The van der Waals surface area contributed by atoms with Crippen LogP contribution in [0.3, 0.4) is 0 Å². The van der Waals surface area contributed by atoms with Gasteiger partial charge >= 0.3 is 11.9 Å². The third-order valence-corrected chi connectivity index (χ3v) is 7.01. The maximum atomic E-state index is 13.6. The van der Waals surface area contributed by atoms with Crippen molar-refractivity contribution in [3.63, 3.8) is 0 Å². The number of hydrogen-bond acceptors (Lipinski definition) is 7. The van der Waals surface area contributed by atoms with E-state index in [1.165, 1.54) is 19.1 Å². The first-order chi connectivity index (χ1) is 12.7. The molecule has 27 heavy (non-hydrogen) atoms. The molecule has 7 nitrogen and oxygen atoms in total. The highest BCUT2D eigenvalue weighted by atomic mass is 32.2. The zero-order chi connectivity index (χ0) is 20.2. The van der Waals surface area contributed by atoms with E-state index in [-0.39, 0.29) is 33.2 Å². The number of thiophene rings is 1. The molecule has 0 unspecified atom stereocenters. The lowest BCUT2D eigenvalue weighted by atomic mass is 10.1. The van der Waals surface area contributed by atoms with Gasteiger partial charge in [0.2, 0.25) is 0 Å². The molecule has 0 spiro atoms. The molecule has 0 saturated heterocycles. The van der Waals surface area contributed by atoms with Crippen molar-refractivity contribution in [2.45, 2.75) is 17.6 Å². The minimum atomic E-state index is -4.13. The molecule has 1 heterocycles. The Morgan fingerprint density at radius 1 is 1.15 bits per heavy atom. The van der Waals surface area contributed by atoms with Crippen LogP contribution in [-0.2, 0) is 25.9 Å². The zero-order valence-electron chi connectivity index (χ0n) is 14.9. The molecular formula is C17H18FNO6S2. The van der Waals surface area contributed by atoms with Crippen molar-refractivity contribution in [2.75, 3.05) is 20.8 Å². The Labute approximate surface area is 160 Å². The summed E-state index contributed by atoms with van der Waals surface area (Å²) < 4.78 is 50.2. The third-order valence-electron chi connectivity index (χ3n) is 3.76. The molecule has 2 rings (SSSR count). The van der Waals surface area contributed by atoms with Gasteiger partial charge in [0, 0.05) is 6.54 Å². The van der Waals surface area contributed by atoms with Gasteiger partial charge in [-0.1, -0.05) is 18.2 Å². The maximum absolute atomic E-state index is 13.6. The van der Waals surface area contributed by atoms with Gasteiger partial charge in [0.25, 0.3) is 10.0 Å². The SMILES string of the molecule is COC(=O)c1sc(S(=O)(=O)NCCc2ccccc2F)c(C(=O)OC)c1C. The molecule has 0 aliphatic rings. The fourth-order valence-electron chi connectivity index (χ4n) is 2.39. The molecule has 1 N–H and O–H groups in total. The van der Waals surface area contributed by atoms with Gasteiger partial charge in [-0.25, -0.2) is 27.1 Å².